The molecule has 0 aliphatic carbocycles. The second kappa shape index (κ2) is 11.8. The van der Waals surface area contributed by atoms with Crippen molar-refractivity contribution in [2.24, 2.45) is 5.92 Å². The van der Waals surface area contributed by atoms with Gasteiger partial charge in [0.2, 0.25) is 0 Å². The maximum Gasteiger partial charge on any atom is 3.00 e. The average molecular weight is 202 g/mol. The molecule has 0 aromatic heterocycles. The van der Waals surface area contributed by atoms with Crippen LogP contribution in [0, 0.1) is 26.7 Å². The van der Waals surface area contributed by atoms with Crippen molar-refractivity contribution >= 4 is 0 Å². The molecule has 0 aliphatic heterocycles. The minimum Gasteiger partial charge on any atom is -0.358 e. The van der Waals surface area contributed by atoms with E-state index in [0.29, 0.717) is 0 Å². The van der Waals surface area contributed by atoms with E-state index in [1.165, 1.54) is 6.42 Å². The van der Waals surface area contributed by atoms with E-state index >= 15 is 0 Å². The van der Waals surface area contributed by atoms with Crippen LogP contribution in [0.1, 0.15) is 26.7 Å². The Hall–Kier alpha value is 1.10. The summed E-state index contributed by atoms with van der Waals surface area (Å²) in [7, 11) is 0. The molecule has 0 bridgehead atoms. The molecule has 0 rings (SSSR count). The van der Waals surface area contributed by atoms with Gasteiger partial charge < -0.3 is 20.8 Å². The van der Waals surface area contributed by atoms with E-state index in [1.54, 1.807) is 0 Å². The minimum atomic E-state index is 0. The van der Waals surface area contributed by atoms with Crippen molar-refractivity contribution in [3.63, 3.8) is 0 Å². The summed E-state index contributed by atoms with van der Waals surface area (Å²) < 4.78 is 0. The van der Waals surface area contributed by atoms with Crippen molar-refractivity contribution in [1.82, 2.24) is 0 Å². The first-order valence-electron chi connectivity index (χ1n) is 2.90. The van der Waals surface area contributed by atoms with Crippen LogP contribution < -0.4 is 0 Å². The molecule has 0 aliphatic rings. The van der Waals surface area contributed by atoms with E-state index in [1.807, 2.05) is 0 Å². The molecule has 1 heteroatoms. The van der Waals surface area contributed by atoms with Crippen molar-refractivity contribution < 1.29 is 32.7 Å². The van der Waals surface area contributed by atoms with Crippen LogP contribution in [-0.2, 0) is 32.7 Å². The monoisotopic (exact) mass is 202 g/mol. The third-order valence-electron chi connectivity index (χ3n) is 1.23. The molecule has 0 aromatic carbocycles. The van der Waals surface area contributed by atoms with Gasteiger partial charge in [-0.2, -0.15) is 19.3 Å². The first-order chi connectivity index (χ1) is 3.31. The van der Waals surface area contributed by atoms with Gasteiger partial charge in [0.25, 0.3) is 0 Å². The molecular weight excluding hydrogens is 185 g/mol. The maximum absolute atomic E-state index is 3.75. The molecule has 0 aromatic rings. The smallest absolute Gasteiger partial charge is 0.358 e. The van der Waals surface area contributed by atoms with Crippen LogP contribution in [0.2, 0.25) is 0 Å². The largest absolute Gasteiger partial charge is 3.00 e. The molecule has 0 saturated heterocycles. The Labute approximate surface area is 85.7 Å². The Morgan fingerprint density at radius 1 is 1.56 bits per heavy atom. The van der Waals surface area contributed by atoms with Gasteiger partial charge in [0.15, 0.2) is 0 Å². The molecule has 0 radical (unpaired) electrons. The third-order valence-corrected chi connectivity index (χ3v) is 1.23. The summed E-state index contributed by atoms with van der Waals surface area (Å²) in [4.78, 5) is 0. The van der Waals surface area contributed by atoms with Crippen LogP contribution in [0.3, 0.4) is 0 Å². The van der Waals surface area contributed by atoms with Crippen LogP contribution in [0.25, 0.3) is 0 Å². The summed E-state index contributed by atoms with van der Waals surface area (Å²) in [6, 6.07) is 0. The number of hydrogen-bond donors (Lipinski definition) is 0. The molecule has 52 valence electrons. The second-order valence-electron chi connectivity index (χ2n) is 1.95. The Bertz CT molecular complexity index is 35.5. The van der Waals surface area contributed by atoms with Crippen LogP contribution >= 0.6 is 0 Å². The fourth-order valence-corrected chi connectivity index (χ4v) is 0.489. The summed E-state index contributed by atoms with van der Waals surface area (Å²) >= 11 is 0. The Balaban J connectivity index is -0.000000180. The second-order valence-corrected chi connectivity index (χ2v) is 1.95. The first kappa shape index (κ1) is 16.6. The van der Waals surface area contributed by atoms with Crippen molar-refractivity contribution in [1.29, 1.82) is 0 Å². The topological polar surface area (TPSA) is 0 Å². The zero-order chi connectivity index (χ0) is 5.70. The van der Waals surface area contributed by atoms with Gasteiger partial charge in [-0.1, -0.05) is 6.92 Å². The van der Waals surface area contributed by atoms with Crippen LogP contribution in [-0.4, -0.2) is 0 Å². The molecule has 1 atom stereocenters. The van der Waals surface area contributed by atoms with Crippen molar-refractivity contribution in [3.05, 3.63) is 20.8 Å². The fourth-order valence-electron chi connectivity index (χ4n) is 0.489. The molecule has 0 N–H and O–H groups in total. The van der Waals surface area contributed by atoms with E-state index in [4.69, 9.17) is 0 Å². The van der Waals surface area contributed by atoms with Gasteiger partial charge in [-0.3, -0.25) is 0 Å². The van der Waals surface area contributed by atoms with E-state index in [9.17, 15) is 0 Å². The van der Waals surface area contributed by atoms with E-state index in [0.717, 1.165) is 12.3 Å². The maximum atomic E-state index is 3.75. The van der Waals surface area contributed by atoms with Gasteiger partial charge in [0.05, 0.1) is 0 Å². The van der Waals surface area contributed by atoms with Gasteiger partial charge >= 0.3 is 32.7 Å². The molecule has 0 fully saturated rings. The van der Waals surface area contributed by atoms with Gasteiger partial charge in [-0.25, -0.2) is 0 Å². The zero-order valence-corrected chi connectivity index (χ0v) is 9.69. The van der Waals surface area contributed by atoms with Gasteiger partial charge in [-0.05, 0) is 0 Å². The summed E-state index contributed by atoms with van der Waals surface area (Å²) in [5, 5.41) is 0. The van der Waals surface area contributed by atoms with Crippen molar-refractivity contribution in [2.45, 2.75) is 26.7 Å². The SMILES string of the molecule is [CH2-]CCC(C)[CH-]C.[CH3-].[Y+3]. The fraction of sp³-hybridized carbons (Fsp3) is 0.625. The summed E-state index contributed by atoms with van der Waals surface area (Å²) in [5.41, 5.74) is 0. The Kier molecular flexibility index (Phi) is 21.8. The Morgan fingerprint density at radius 2 is 2.00 bits per heavy atom. The van der Waals surface area contributed by atoms with E-state index < -0.39 is 0 Å². The van der Waals surface area contributed by atoms with Crippen LogP contribution in [0.5, 0.6) is 0 Å². The van der Waals surface area contributed by atoms with E-state index in [-0.39, 0.29) is 40.1 Å². The molecule has 0 spiro atoms. The predicted octanol–water partition coefficient (Wildman–Crippen LogP) is 2.91. The predicted molar refractivity (Wildman–Crippen MR) is 40.1 cm³/mol. The molecule has 0 saturated carbocycles. The minimum absolute atomic E-state index is 0. The van der Waals surface area contributed by atoms with Gasteiger partial charge in [0.1, 0.15) is 0 Å². The average Bonchev–Trinajstić information content (AvgIpc) is 1.68. The first-order valence-corrected chi connectivity index (χ1v) is 2.90. The van der Waals surface area contributed by atoms with Gasteiger partial charge in [-0.15, -0.1) is 6.42 Å². The third kappa shape index (κ3) is 12.3. The zero-order valence-electron chi connectivity index (χ0n) is 6.85. The molecule has 0 heterocycles. The van der Waals surface area contributed by atoms with E-state index in [2.05, 4.69) is 27.2 Å². The molecule has 9 heavy (non-hydrogen) atoms. The van der Waals surface area contributed by atoms with Crippen LogP contribution in [0.15, 0.2) is 0 Å². The summed E-state index contributed by atoms with van der Waals surface area (Å²) in [5.74, 6) is 0.762. The standard InChI is InChI=1S/C7H14.CH3.Y/c1-4-6-7(3)5-2;;/h5,7H,1,4,6H2,2-3H3;1H3;/q-2;-1;+3. The molecule has 0 amide bonds. The number of hydrogen-bond acceptors (Lipinski definition) is 0. The number of rotatable bonds is 3. The quantitative estimate of drug-likeness (QED) is 0.617. The summed E-state index contributed by atoms with van der Waals surface area (Å²) in [6.07, 6.45) is 4.51. The normalized spacial score (nSPS) is 11.0. The molecule has 1 unspecified atom stereocenters. The van der Waals surface area contributed by atoms with Crippen LogP contribution in [0.4, 0.5) is 0 Å². The molecule has 0 nitrogen and oxygen atoms in total. The Morgan fingerprint density at radius 3 is 2.11 bits per heavy atom. The van der Waals surface area contributed by atoms with Crippen molar-refractivity contribution in [3.8, 4) is 0 Å². The van der Waals surface area contributed by atoms with Crippen molar-refractivity contribution in [2.75, 3.05) is 0 Å². The van der Waals surface area contributed by atoms with Gasteiger partial charge in [0, 0.05) is 0 Å². The molecular formula is C8H17Y. The summed E-state index contributed by atoms with van der Waals surface area (Å²) in [6.45, 7) is 8.06.